The van der Waals surface area contributed by atoms with Gasteiger partial charge in [0.05, 0.1) is 0 Å². The Morgan fingerprint density at radius 3 is 2.00 bits per heavy atom. The zero-order valence-corrected chi connectivity index (χ0v) is 13.8. The molecule has 5 heteroatoms. The Kier molecular flexibility index (Phi) is 7.25. The molecule has 0 aromatic heterocycles. The van der Waals surface area contributed by atoms with Crippen LogP contribution in [0.2, 0.25) is 0 Å². The smallest absolute Gasteiger partial charge is 0.370 e. The van der Waals surface area contributed by atoms with Crippen LogP contribution in [0.1, 0.15) is 34.1 Å². The van der Waals surface area contributed by atoms with Crippen molar-refractivity contribution in [3.8, 4) is 0 Å². The van der Waals surface area contributed by atoms with Gasteiger partial charge in [-0.25, -0.2) is 10.9 Å². The fourth-order valence-corrected chi connectivity index (χ4v) is 7.09. The molecular formula is C13H26O3SSi. The van der Waals surface area contributed by atoms with E-state index in [0.717, 1.165) is 5.20 Å². The molecule has 0 spiro atoms. The van der Waals surface area contributed by atoms with Gasteiger partial charge in [0.25, 0.3) is 0 Å². The van der Waals surface area contributed by atoms with E-state index in [4.69, 9.17) is 13.3 Å². The van der Waals surface area contributed by atoms with Crippen LogP contribution >= 0.6 is 10.9 Å². The van der Waals surface area contributed by atoms with E-state index in [-0.39, 0.29) is 10.9 Å². The summed E-state index contributed by atoms with van der Waals surface area (Å²) in [6, 6.07) is 0. The van der Waals surface area contributed by atoms with Gasteiger partial charge < -0.3 is 13.3 Å². The molecule has 0 radical (unpaired) electrons. The molecule has 0 amide bonds. The molecule has 0 N–H and O–H groups in total. The lowest BCUT2D eigenvalue weighted by molar-refractivity contribution is 0.0819. The molecule has 1 unspecified atom stereocenters. The van der Waals surface area contributed by atoms with E-state index < -0.39 is 8.80 Å². The van der Waals surface area contributed by atoms with E-state index in [1.54, 1.807) is 0 Å². The first kappa shape index (κ1) is 16.0. The number of hydrogen-bond donors (Lipinski definition) is 1. The van der Waals surface area contributed by atoms with Crippen LogP contribution < -0.4 is 0 Å². The quantitative estimate of drug-likeness (QED) is 0.521. The van der Waals surface area contributed by atoms with Crippen molar-refractivity contribution >= 4 is 19.7 Å². The molecule has 0 saturated heterocycles. The van der Waals surface area contributed by atoms with Crippen molar-refractivity contribution in [2.75, 3.05) is 25.6 Å². The van der Waals surface area contributed by atoms with Crippen molar-refractivity contribution in [1.29, 1.82) is 0 Å². The van der Waals surface area contributed by atoms with Crippen molar-refractivity contribution < 1.29 is 13.3 Å². The van der Waals surface area contributed by atoms with Gasteiger partial charge in [-0.05, 0) is 43.8 Å². The minimum absolute atomic E-state index is 0.129. The maximum absolute atomic E-state index is 5.91. The Morgan fingerprint density at radius 2 is 1.56 bits per heavy atom. The first-order chi connectivity index (χ1) is 8.72. The molecule has 1 heterocycles. The van der Waals surface area contributed by atoms with Crippen LogP contribution in [0.3, 0.4) is 0 Å². The Labute approximate surface area is 115 Å². The van der Waals surface area contributed by atoms with E-state index in [0.29, 0.717) is 19.8 Å². The second kappa shape index (κ2) is 8.17. The van der Waals surface area contributed by atoms with Crippen LogP contribution in [-0.2, 0) is 13.3 Å². The van der Waals surface area contributed by atoms with Gasteiger partial charge in [0.2, 0.25) is 0 Å². The summed E-state index contributed by atoms with van der Waals surface area (Å²) in [6.07, 6.45) is 3.38. The molecule has 0 aromatic carbocycles. The van der Waals surface area contributed by atoms with Crippen LogP contribution in [0.5, 0.6) is 0 Å². The first-order valence-corrected chi connectivity index (χ1v) is 10.2. The number of hydrogen-bond acceptors (Lipinski definition) is 3. The van der Waals surface area contributed by atoms with E-state index in [1.807, 2.05) is 20.8 Å². The van der Waals surface area contributed by atoms with Crippen LogP contribution in [0, 0.1) is 0 Å². The molecule has 0 fully saturated rings. The van der Waals surface area contributed by atoms with Crippen molar-refractivity contribution in [3.63, 3.8) is 0 Å². The van der Waals surface area contributed by atoms with Gasteiger partial charge in [-0.2, -0.15) is 0 Å². The number of allylic oxidation sites excluding steroid dienone is 2. The predicted molar refractivity (Wildman–Crippen MR) is 82.0 cm³/mol. The second-order valence-electron chi connectivity index (χ2n) is 3.99. The minimum atomic E-state index is -2.64. The highest BCUT2D eigenvalue weighted by atomic mass is 32.2. The first-order valence-electron chi connectivity index (χ1n) is 6.80. The van der Waals surface area contributed by atoms with E-state index in [2.05, 4.69) is 23.8 Å². The highest BCUT2D eigenvalue weighted by Gasteiger charge is 2.45. The zero-order valence-electron chi connectivity index (χ0n) is 11.9. The summed E-state index contributed by atoms with van der Waals surface area (Å²) in [7, 11) is -2.77. The monoisotopic (exact) mass is 290 g/mol. The van der Waals surface area contributed by atoms with Crippen LogP contribution in [0.4, 0.5) is 0 Å². The van der Waals surface area contributed by atoms with Gasteiger partial charge in [-0.3, -0.25) is 0 Å². The fourth-order valence-electron chi connectivity index (χ4n) is 1.96. The zero-order chi connectivity index (χ0) is 13.4. The van der Waals surface area contributed by atoms with Crippen molar-refractivity contribution in [1.82, 2.24) is 0 Å². The van der Waals surface area contributed by atoms with E-state index in [1.165, 1.54) is 12.2 Å². The Balaban J connectivity index is 2.88. The van der Waals surface area contributed by atoms with Crippen molar-refractivity contribution in [2.45, 2.75) is 34.1 Å². The Morgan fingerprint density at radius 1 is 1.00 bits per heavy atom. The maximum Gasteiger partial charge on any atom is 0.537 e. The fraction of sp³-hybridized carbons (Fsp3) is 0.692. The summed E-state index contributed by atoms with van der Waals surface area (Å²) < 4.78 is 17.7. The van der Waals surface area contributed by atoms with Crippen LogP contribution in [0.25, 0.3) is 0 Å². The summed E-state index contributed by atoms with van der Waals surface area (Å²) in [6.45, 7) is 10.1. The molecular weight excluding hydrogens is 264 g/mol. The summed E-state index contributed by atoms with van der Waals surface area (Å²) in [5, 5.41) is 5.78. The molecule has 0 aromatic rings. The third-order valence-corrected chi connectivity index (χ3v) is 7.96. The SMILES string of the molecule is CCC[SH]1C=CC([Si](OCC)(OCC)OCC)=C1. The highest BCUT2D eigenvalue weighted by Crippen LogP contribution is 2.40. The molecule has 1 aliphatic heterocycles. The summed E-state index contributed by atoms with van der Waals surface area (Å²) in [5.41, 5.74) is 0. The summed E-state index contributed by atoms with van der Waals surface area (Å²) >= 11 is 0. The van der Waals surface area contributed by atoms with Crippen molar-refractivity contribution in [3.05, 3.63) is 22.1 Å². The van der Waals surface area contributed by atoms with Crippen LogP contribution in [-0.4, -0.2) is 34.4 Å². The average molecular weight is 291 g/mol. The summed E-state index contributed by atoms with van der Waals surface area (Å²) in [5.74, 6) is 1.24. The predicted octanol–water partition coefficient (Wildman–Crippen LogP) is 3.40. The standard InChI is InChI=1S/C13H26O3SSi/c1-5-10-17-11-9-13(12-17)18(14-6-2,15-7-3)16-8-4/h9,11-12,17H,5-8,10H2,1-4H3. The third kappa shape index (κ3) is 3.96. The highest BCUT2D eigenvalue weighted by molar-refractivity contribution is 8.22. The third-order valence-electron chi connectivity index (χ3n) is 2.59. The maximum atomic E-state index is 5.91. The van der Waals surface area contributed by atoms with Crippen LogP contribution in [0.15, 0.2) is 22.1 Å². The lowest BCUT2D eigenvalue weighted by Crippen LogP contribution is -2.47. The minimum Gasteiger partial charge on any atom is -0.370 e. The summed E-state index contributed by atoms with van der Waals surface area (Å²) in [4.78, 5) is 0. The molecule has 3 nitrogen and oxygen atoms in total. The molecule has 106 valence electrons. The second-order valence-corrected chi connectivity index (χ2v) is 8.58. The molecule has 1 rings (SSSR count). The lowest BCUT2D eigenvalue weighted by Gasteiger charge is -2.28. The molecule has 18 heavy (non-hydrogen) atoms. The Bertz CT molecular complexity index is 288. The molecule has 1 aliphatic rings. The molecule has 0 aliphatic carbocycles. The average Bonchev–Trinajstić information content (AvgIpc) is 2.79. The molecule has 0 bridgehead atoms. The van der Waals surface area contributed by atoms with Gasteiger partial charge in [-0.15, -0.1) is 0 Å². The van der Waals surface area contributed by atoms with Gasteiger partial charge >= 0.3 is 8.80 Å². The van der Waals surface area contributed by atoms with Gasteiger partial charge in [0.1, 0.15) is 0 Å². The largest absolute Gasteiger partial charge is 0.537 e. The Hall–Kier alpha value is -0.0731. The normalized spacial score (nSPS) is 21.3. The van der Waals surface area contributed by atoms with Gasteiger partial charge in [0, 0.05) is 25.0 Å². The van der Waals surface area contributed by atoms with Crippen molar-refractivity contribution in [2.24, 2.45) is 0 Å². The van der Waals surface area contributed by atoms with E-state index >= 15 is 0 Å². The van der Waals surface area contributed by atoms with Gasteiger partial charge in [-0.1, -0.05) is 13.0 Å². The number of rotatable bonds is 9. The van der Waals surface area contributed by atoms with Gasteiger partial charge in [0.15, 0.2) is 0 Å². The molecule has 0 saturated carbocycles. The molecule has 1 atom stereocenters. The lowest BCUT2D eigenvalue weighted by atomic mass is 10.6. The topological polar surface area (TPSA) is 27.7 Å². The van der Waals surface area contributed by atoms with E-state index in [9.17, 15) is 0 Å². The number of thiol groups is 1.